The van der Waals surface area contributed by atoms with Crippen molar-refractivity contribution in [2.45, 2.75) is 6.17 Å². The molecule has 1 aliphatic heterocycles. The second-order valence-electron chi connectivity index (χ2n) is 4.06. The first-order valence-corrected chi connectivity index (χ1v) is 4.77. The van der Waals surface area contributed by atoms with Crippen molar-refractivity contribution in [1.29, 1.82) is 0 Å². The summed E-state index contributed by atoms with van der Waals surface area (Å²) in [5.74, 6) is -0.520. The standard InChI is InChI=1S/C10H16N3O2/c1-13(2,6-7-14)9-5-3-4-8(12-9)10(11)15/h3,5,9,12,14H,6-7H2,1-2H3,(H-,11,15)/p+1. The molecule has 83 valence electrons. The smallest absolute Gasteiger partial charge is 0.265 e. The zero-order valence-corrected chi connectivity index (χ0v) is 9.03. The van der Waals surface area contributed by atoms with Crippen LogP contribution in [0.25, 0.3) is 0 Å². The molecule has 0 bridgehead atoms. The maximum atomic E-state index is 11.0. The maximum absolute atomic E-state index is 11.0. The Hall–Kier alpha value is -1.33. The minimum Gasteiger partial charge on any atom is -0.391 e. The summed E-state index contributed by atoms with van der Waals surface area (Å²) in [4.78, 5) is 11.0. The van der Waals surface area contributed by atoms with E-state index in [-0.39, 0.29) is 18.5 Å². The van der Waals surface area contributed by atoms with Crippen LogP contribution in [0.5, 0.6) is 0 Å². The minimum absolute atomic E-state index is 0.0686. The number of aliphatic hydroxyl groups is 1. The average Bonchev–Trinajstić information content (AvgIpc) is 2.18. The van der Waals surface area contributed by atoms with Crippen LogP contribution >= 0.6 is 0 Å². The Bertz CT molecular complexity index is 308. The Morgan fingerprint density at radius 3 is 2.93 bits per heavy atom. The third-order valence-corrected chi connectivity index (χ3v) is 2.47. The van der Waals surface area contributed by atoms with Gasteiger partial charge in [-0.15, -0.1) is 0 Å². The number of rotatable bonds is 4. The number of aliphatic hydroxyl groups excluding tert-OH is 1. The molecule has 5 heteroatoms. The molecule has 15 heavy (non-hydrogen) atoms. The first kappa shape index (κ1) is 11.7. The molecule has 0 aromatic heterocycles. The molecule has 4 N–H and O–H groups in total. The molecule has 0 saturated heterocycles. The molecule has 1 unspecified atom stereocenters. The van der Waals surface area contributed by atoms with Crippen LogP contribution < -0.4 is 11.1 Å². The molecule has 0 fully saturated rings. The van der Waals surface area contributed by atoms with Gasteiger partial charge < -0.3 is 20.6 Å². The number of nitrogens with one attached hydrogen (secondary N) is 1. The summed E-state index contributed by atoms with van der Waals surface area (Å²) in [6, 6.07) is 0. The van der Waals surface area contributed by atoms with E-state index in [1.54, 1.807) is 6.08 Å². The lowest BCUT2D eigenvalue weighted by atomic mass is 10.2. The molecule has 0 aromatic carbocycles. The summed E-state index contributed by atoms with van der Waals surface area (Å²) in [6.45, 7) is 0.687. The van der Waals surface area contributed by atoms with Gasteiger partial charge in [-0.05, 0) is 12.2 Å². The molecule has 1 radical (unpaired) electrons. The number of amides is 1. The fourth-order valence-corrected chi connectivity index (χ4v) is 1.41. The lowest BCUT2D eigenvalue weighted by molar-refractivity contribution is -0.911. The lowest BCUT2D eigenvalue weighted by Gasteiger charge is -2.37. The van der Waals surface area contributed by atoms with E-state index in [1.807, 2.05) is 20.2 Å². The van der Waals surface area contributed by atoms with Crippen molar-refractivity contribution < 1.29 is 14.4 Å². The van der Waals surface area contributed by atoms with Crippen LogP contribution in [-0.4, -0.2) is 48.9 Å². The molecule has 1 amide bonds. The van der Waals surface area contributed by atoms with Gasteiger partial charge in [0.15, 0.2) is 6.17 Å². The number of quaternary nitrogens is 1. The summed E-state index contributed by atoms with van der Waals surface area (Å²) in [7, 11) is 3.92. The molecule has 0 aromatic rings. The highest BCUT2D eigenvalue weighted by Crippen LogP contribution is 2.10. The number of dihydropyridines is 1. The highest BCUT2D eigenvalue weighted by atomic mass is 16.3. The van der Waals surface area contributed by atoms with E-state index in [2.05, 4.69) is 11.4 Å². The normalized spacial score (nSPS) is 20.7. The molecule has 0 saturated carbocycles. The molecule has 1 atom stereocenters. The SMILES string of the molecule is C[N+](C)(CCO)C1C=C[C]=C(C(N)=O)N1. The van der Waals surface area contributed by atoms with Gasteiger partial charge >= 0.3 is 0 Å². The van der Waals surface area contributed by atoms with Crippen LogP contribution in [0.2, 0.25) is 0 Å². The van der Waals surface area contributed by atoms with E-state index >= 15 is 0 Å². The second kappa shape index (κ2) is 4.46. The highest BCUT2D eigenvalue weighted by Gasteiger charge is 2.28. The molecular weight excluding hydrogens is 194 g/mol. The number of carbonyl (C=O) groups excluding carboxylic acids is 1. The Kier molecular flexibility index (Phi) is 3.49. The van der Waals surface area contributed by atoms with E-state index in [4.69, 9.17) is 10.8 Å². The van der Waals surface area contributed by atoms with Crippen LogP contribution in [0.4, 0.5) is 0 Å². The van der Waals surface area contributed by atoms with Crippen LogP contribution in [0.15, 0.2) is 17.8 Å². The number of hydrogen-bond donors (Lipinski definition) is 3. The molecule has 5 nitrogen and oxygen atoms in total. The lowest BCUT2D eigenvalue weighted by Crippen LogP contribution is -2.57. The molecule has 1 aliphatic rings. The number of nitrogens with zero attached hydrogens (tertiary/aromatic N) is 1. The Morgan fingerprint density at radius 1 is 1.73 bits per heavy atom. The Labute approximate surface area is 89.5 Å². The maximum Gasteiger partial charge on any atom is 0.265 e. The van der Waals surface area contributed by atoms with Gasteiger partial charge in [-0.1, -0.05) is 0 Å². The average molecular weight is 211 g/mol. The van der Waals surface area contributed by atoms with Gasteiger partial charge in [-0.25, -0.2) is 0 Å². The third kappa shape index (κ3) is 2.81. The monoisotopic (exact) mass is 211 g/mol. The van der Waals surface area contributed by atoms with E-state index < -0.39 is 5.91 Å². The summed E-state index contributed by atoms with van der Waals surface area (Å²) in [6.07, 6.45) is 6.24. The molecule has 0 aliphatic carbocycles. The predicted molar refractivity (Wildman–Crippen MR) is 56.1 cm³/mol. The number of allylic oxidation sites excluding steroid dienone is 2. The third-order valence-electron chi connectivity index (χ3n) is 2.47. The van der Waals surface area contributed by atoms with Crippen LogP contribution in [0.3, 0.4) is 0 Å². The van der Waals surface area contributed by atoms with Gasteiger partial charge in [0, 0.05) is 6.08 Å². The predicted octanol–water partition coefficient (Wildman–Crippen LogP) is -1.29. The van der Waals surface area contributed by atoms with Crippen molar-refractivity contribution in [1.82, 2.24) is 5.32 Å². The number of likely N-dealkylation sites (N-methyl/N-ethyl adjacent to an activating group) is 1. The van der Waals surface area contributed by atoms with Crippen molar-refractivity contribution in [2.24, 2.45) is 5.73 Å². The summed E-state index contributed by atoms with van der Waals surface area (Å²) in [5, 5.41) is 11.9. The Balaban J connectivity index is 2.73. The molecular formula is C10H17N3O2+. The summed E-state index contributed by atoms with van der Waals surface area (Å²) < 4.78 is 0.533. The van der Waals surface area contributed by atoms with Crippen molar-refractivity contribution in [3.05, 3.63) is 23.9 Å². The van der Waals surface area contributed by atoms with E-state index in [0.29, 0.717) is 11.0 Å². The first-order valence-electron chi connectivity index (χ1n) is 4.77. The van der Waals surface area contributed by atoms with Gasteiger partial charge in [0.25, 0.3) is 5.91 Å². The van der Waals surface area contributed by atoms with Gasteiger partial charge in [0.2, 0.25) is 0 Å². The van der Waals surface area contributed by atoms with Crippen molar-refractivity contribution in [3.63, 3.8) is 0 Å². The molecule has 1 heterocycles. The van der Waals surface area contributed by atoms with Crippen molar-refractivity contribution >= 4 is 5.91 Å². The van der Waals surface area contributed by atoms with Gasteiger partial charge in [0.1, 0.15) is 12.2 Å². The number of primary amides is 1. The van der Waals surface area contributed by atoms with Crippen molar-refractivity contribution in [2.75, 3.05) is 27.2 Å². The fraction of sp³-hybridized carbons (Fsp3) is 0.500. The Morgan fingerprint density at radius 2 is 2.40 bits per heavy atom. The summed E-state index contributed by atoms with van der Waals surface area (Å²) >= 11 is 0. The van der Waals surface area contributed by atoms with Gasteiger partial charge in [0.05, 0.1) is 20.7 Å². The van der Waals surface area contributed by atoms with Crippen LogP contribution in [0, 0.1) is 6.08 Å². The zero-order chi connectivity index (χ0) is 11.5. The number of carbonyl (C=O) groups is 1. The molecule has 0 spiro atoms. The molecule has 1 rings (SSSR count). The number of hydrogen-bond acceptors (Lipinski definition) is 3. The topological polar surface area (TPSA) is 75.3 Å². The second-order valence-corrected chi connectivity index (χ2v) is 4.06. The van der Waals surface area contributed by atoms with Crippen LogP contribution in [-0.2, 0) is 4.79 Å². The highest BCUT2D eigenvalue weighted by molar-refractivity contribution is 5.91. The minimum atomic E-state index is -0.520. The van der Waals surface area contributed by atoms with E-state index in [0.717, 1.165) is 0 Å². The largest absolute Gasteiger partial charge is 0.391 e. The van der Waals surface area contributed by atoms with Crippen molar-refractivity contribution in [3.8, 4) is 0 Å². The van der Waals surface area contributed by atoms with E-state index in [1.165, 1.54) is 0 Å². The zero-order valence-electron chi connectivity index (χ0n) is 9.03. The number of nitrogens with two attached hydrogens (primary N) is 1. The van der Waals surface area contributed by atoms with Crippen LogP contribution in [0.1, 0.15) is 0 Å². The quantitative estimate of drug-likeness (QED) is 0.507. The van der Waals surface area contributed by atoms with E-state index in [9.17, 15) is 4.79 Å². The fourth-order valence-electron chi connectivity index (χ4n) is 1.41. The van der Waals surface area contributed by atoms with Gasteiger partial charge in [-0.2, -0.15) is 0 Å². The summed E-state index contributed by atoms with van der Waals surface area (Å²) in [5.41, 5.74) is 5.44. The van der Waals surface area contributed by atoms with Gasteiger partial charge in [-0.3, -0.25) is 4.79 Å². The first-order chi connectivity index (χ1) is 6.97.